The number of nitrogens with one attached hydrogen (secondary N) is 1. The first-order chi connectivity index (χ1) is 15.7. The number of benzene rings is 1. The largest absolute Gasteiger partial charge is 0.472 e. The van der Waals surface area contributed by atoms with Crippen LogP contribution in [0.5, 0.6) is 5.88 Å². The Hall–Kier alpha value is -2.48. The standard InChI is InChI=1S/C22H25ClFN5O3S/c1-13(2)11-33(30,31)29-15-4-5-16(29)9-17(8-15)32-22-20(24)21(26-12-27-22)28-19-6-3-14(10-25)7-18(19)23/h3,6-7,12-13,15-17H,4-5,8-9,11H2,1-2H3,(H,26,27,28). The molecule has 0 saturated carbocycles. The summed E-state index contributed by atoms with van der Waals surface area (Å²) in [6.45, 7) is 3.79. The van der Waals surface area contributed by atoms with Crippen molar-refractivity contribution in [2.24, 2.45) is 5.92 Å². The number of sulfonamides is 1. The summed E-state index contributed by atoms with van der Waals surface area (Å²) in [4.78, 5) is 7.88. The Bertz CT molecular complexity index is 1170. The molecule has 2 aromatic rings. The van der Waals surface area contributed by atoms with E-state index in [-0.39, 0.29) is 46.6 Å². The molecule has 2 aliphatic heterocycles. The van der Waals surface area contributed by atoms with Crippen LogP contribution in [0.2, 0.25) is 5.02 Å². The summed E-state index contributed by atoms with van der Waals surface area (Å²) >= 11 is 6.16. The van der Waals surface area contributed by atoms with Gasteiger partial charge in [-0.15, -0.1) is 0 Å². The van der Waals surface area contributed by atoms with Crippen molar-refractivity contribution in [1.82, 2.24) is 14.3 Å². The van der Waals surface area contributed by atoms with Gasteiger partial charge in [-0.2, -0.15) is 18.9 Å². The maximum absolute atomic E-state index is 15.1. The van der Waals surface area contributed by atoms with E-state index in [2.05, 4.69) is 15.3 Å². The lowest BCUT2D eigenvalue weighted by molar-refractivity contribution is 0.0878. The Morgan fingerprint density at radius 1 is 1.30 bits per heavy atom. The molecule has 2 aliphatic rings. The zero-order valence-electron chi connectivity index (χ0n) is 18.3. The van der Waals surface area contributed by atoms with Crippen molar-refractivity contribution in [3.63, 3.8) is 0 Å². The van der Waals surface area contributed by atoms with Crippen LogP contribution in [-0.4, -0.2) is 46.6 Å². The molecule has 2 saturated heterocycles. The van der Waals surface area contributed by atoms with Crippen LogP contribution in [0.15, 0.2) is 24.5 Å². The SMILES string of the molecule is CC(C)CS(=O)(=O)N1C2CCC1CC(Oc1ncnc(Nc3ccc(C#N)cc3Cl)c1F)C2. The molecule has 0 spiro atoms. The predicted molar refractivity (Wildman–Crippen MR) is 122 cm³/mol. The molecule has 33 heavy (non-hydrogen) atoms. The average molecular weight is 494 g/mol. The lowest BCUT2D eigenvalue weighted by Crippen LogP contribution is -2.50. The fourth-order valence-corrected chi connectivity index (χ4v) is 7.17. The van der Waals surface area contributed by atoms with Gasteiger partial charge in [-0.05, 0) is 37.0 Å². The van der Waals surface area contributed by atoms with Gasteiger partial charge in [-0.3, -0.25) is 0 Å². The van der Waals surface area contributed by atoms with Gasteiger partial charge < -0.3 is 10.1 Å². The van der Waals surface area contributed by atoms with Crippen molar-refractivity contribution in [2.75, 3.05) is 11.1 Å². The predicted octanol–water partition coefficient (Wildman–Crippen LogP) is 4.24. The Labute approximate surface area is 197 Å². The summed E-state index contributed by atoms with van der Waals surface area (Å²) in [6.07, 6.45) is 3.37. The number of halogens is 2. The third kappa shape index (κ3) is 5.05. The van der Waals surface area contributed by atoms with E-state index < -0.39 is 15.8 Å². The van der Waals surface area contributed by atoms with E-state index in [1.165, 1.54) is 12.4 Å². The molecule has 1 N–H and O–H groups in total. The number of anilines is 2. The number of rotatable bonds is 7. The van der Waals surface area contributed by atoms with E-state index in [0.717, 1.165) is 12.8 Å². The first-order valence-corrected chi connectivity index (χ1v) is 12.8. The van der Waals surface area contributed by atoms with Gasteiger partial charge in [0.2, 0.25) is 15.8 Å². The molecule has 2 atom stereocenters. The Morgan fingerprint density at radius 2 is 2.00 bits per heavy atom. The normalized spacial score (nSPS) is 22.8. The number of nitrogens with zero attached hydrogens (tertiary/aromatic N) is 4. The molecule has 0 amide bonds. The van der Waals surface area contributed by atoms with Crippen molar-refractivity contribution < 1.29 is 17.5 Å². The number of hydrogen-bond acceptors (Lipinski definition) is 7. The summed E-state index contributed by atoms with van der Waals surface area (Å²) in [5, 5.41) is 12.0. The highest BCUT2D eigenvalue weighted by Crippen LogP contribution is 2.40. The van der Waals surface area contributed by atoms with Gasteiger partial charge in [0.15, 0.2) is 5.82 Å². The Kier molecular flexibility index (Phi) is 6.75. The monoisotopic (exact) mass is 493 g/mol. The topological polar surface area (TPSA) is 108 Å². The number of aromatic nitrogens is 2. The van der Waals surface area contributed by atoms with Gasteiger partial charge in [0.25, 0.3) is 5.88 Å². The first-order valence-electron chi connectivity index (χ1n) is 10.8. The van der Waals surface area contributed by atoms with E-state index >= 15 is 4.39 Å². The molecule has 2 bridgehead atoms. The fourth-order valence-electron chi connectivity index (χ4n) is 4.64. The number of piperidine rings is 1. The van der Waals surface area contributed by atoms with Gasteiger partial charge in [0, 0.05) is 24.9 Å². The summed E-state index contributed by atoms with van der Waals surface area (Å²) in [5.74, 6) is -0.889. The van der Waals surface area contributed by atoms with Gasteiger partial charge in [0.05, 0.1) is 28.1 Å². The molecule has 176 valence electrons. The van der Waals surface area contributed by atoms with Crippen molar-refractivity contribution in [2.45, 2.75) is 57.7 Å². The molecule has 4 rings (SSSR count). The van der Waals surface area contributed by atoms with Gasteiger partial charge >= 0.3 is 0 Å². The lowest BCUT2D eigenvalue weighted by Gasteiger charge is -2.38. The van der Waals surface area contributed by atoms with Gasteiger partial charge in [-0.25, -0.2) is 13.4 Å². The molecule has 2 unspecified atom stereocenters. The second-order valence-corrected chi connectivity index (χ2v) is 11.2. The van der Waals surface area contributed by atoms with E-state index in [0.29, 0.717) is 24.1 Å². The number of fused-ring (bicyclic) bond motifs is 2. The van der Waals surface area contributed by atoms with Crippen LogP contribution in [0.3, 0.4) is 0 Å². The summed E-state index contributed by atoms with van der Waals surface area (Å²) in [5.41, 5.74) is 0.773. The fraction of sp³-hybridized carbons (Fsp3) is 0.500. The molecule has 0 radical (unpaired) electrons. The lowest BCUT2D eigenvalue weighted by atomic mass is 10.0. The molecule has 8 nitrogen and oxygen atoms in total. The third-order valence-corrected chi connectivity index (χ3v) is 8.51. The van der Waals surface area contributed by atoms with Crippen LogP contribution in [-0.2, 0) is 10.0 Å². The summed E-state index contributed by atoms with van der Waals surface area (Å²) in [7, 11) is -3.34. The highest BCUT2D eigenvalue weighted by atomic mass is 35.5. The smallest absolute Gasteiger partial charge is 0.256 e. The number of ether oxygens (including phenoxy) is 1. The minimum atomic E-state index is -3.34. The van der Waals surface area contributed by atoms with E-state index in [1.54, 1.807) is 16.4 Å². The third-order valence-electron chi connectivity index (χ3n) is 5.88. The van der Waals surface area contributed by atoms with E-state index in [1.807, 2.05) is 19.9 Å². The quantitative estimate of drug-likeness (QED) is 0.614. The molecule has 1 aromatic carbocycles. The number of hydrogen-bond donors (Lipinski definition) is 1. The van der Waals surface area contributed by atoms with Gasteiger partial charge in [-0.1, -0.05) is 25.4 Å². The molecule has 11 heteroatoms. The highest BCUT2D eigenvalue weighted by molar-refractivity contribution is 7.89. The van der Waals surface area contributed by atoms with Crippen LogP contribution in [0, 0.1) is 23.1 Å². The van der Waals surface area contributed by atoms with Crippen molar-refractivity contribution in [1.29, 1.82) is 5.26 Å². The second-order valence-electron chi connectivity index (χ2n) is 8.87. The molecular weight excluding hydrogens is 469 g/mol. The minimum Gasteiger partial charge on any atom is -0.472 e. The molecule has 2 fully saturated rings. The van der Waals surface area contributed by atoms with E-state index in [9.17, 15) is 8.42 Å². The Balaban J connectivity index is 1.47. The average Bonchev–Trinajstić information content (AvgIpc) is 3.03. The van der Waals surface area contributed by atoms with E-state index in [4.69, 9.17) is 21.6 Å². The van der Waals surface area contributed by atoms with Crippen molar-refractivity contribution in [3.8, 4) is 11.9 Å². The minimum absolute atomic E-state index is 0.0500. The zero-order chi connectivity index (χ0) is 23.8. The molecule has 3 heterocycles. The molecular formula is C22H25ClFN5O3S. The number of nitriles is 1. The van der Waals surface area contributed by atoms with Crippen LogP contribution in [0.1, 0.15) is 45.1 Å². The van der Waals surface area contributed by atoms with Crippen LogP contribution in [0.4, 0.5) is 15.9 Å². The summed E-state index contributed by atoms with van der Waals surface area (Å²) < 4.78 is 48.3. The van der Waals surface area contributed by atoms with Crippen molar-refractivity contribution >= 4 is 33.1 Å². The zero-order valence-corrected chi connectivity index (χ0v) is 19.9. The van der Waals surface area contributed by atoms with Crippen molar-refractivity contribution in [3.05, 3.63) is 40.9 Å². The van der Waals surface area contributed by atoms with Crippen LogP contribution < -0.4 is 10.1 Å². The maximum Gasteiger partial charge on any atom is 0.256 e. The van der Waals surface area contributed by atoms with Gasteiger partial charge in [0.1, 0.15) is 12.4 Å². The second kappa shape index (κ2) is 9.41. The molecule has 0 aliphatic carbocycles. The van der Waals surface area contributed by atoms with Crippen LogP contribution in [0.25, 0.3) is 0 Å². The Morgan fingerprint density at radius 3 is 2.61 bits per heavy atom. The summed E-state index contributed by atoms with van der Waals surface area (Å²) in [6, 6.07) is 6.29. The first kappa shape index (κ1) is 23.7. The molecule has 1 aromatic heterocycles. The van der Waals surface area contributed by atoms with Crippen LogP contribution >= 0.6 is 11.6 Å². The highest BCUT2D eigenvalue weighted by Gasteiger charge is 2.47. The maximum atomic E-state index is 15.1.